The number of piperidine rings is 1. The van der Waals surface area contributed by atoms with Crippen molar-refractivity contribution in [2.75, 3.05) is 24.5 Å². The maximum atomic E-state index is 14.3. The molecule has 1 N–H and O–H groups in total. The van der Waals surface area contributed by atoms with Gasteiger partial charge in [0.2, 0.25) is 5.91 Å². The van der Waals surface area contributed by atoms with E-state index in [4.69, 9.17) is 4.98 Å². The topological polar surface area (TPSA) is 85.4 Å². The molecule has 2 aliphatic heterocycles. The molecule has 182 valence electrons. The first-order chi connectivity index (χ1) is 16.8. The smallest absolute Gasteiger partial charge is 0.326 e. The highest BCUT2D eigenvalue weighted by atomic mass is 19.1. The molecule has 5 rings (SSSR count). The van der Waals surface area contributed by atoms with Crippen molar-refractivity contribution >= 4 is 17.8 Å². The fraction of sp³-hybridized carbons (Fsp3) is 0.385. The highest BCUT2D eigenvalue weighted by Gasteiger charge is 2.51. The molecule has 0 radical (unpaired) electrons. The molecule has 2 aromatic heterocycles. The Morgan fingerprint density at radius 2 is 1.94 bits per heavy atom. The monoisotopic (exact) mass is 476 g/mol. The van der Waals surface area contributed by atoms with Crippen LogP contribution in [0.1, 0.15) is 36.6 Å². The summed E-state index contributed by atoms with van der Waals surface area (Å²) in [4.78, 5) is 36.0. The molecule has 0 atom stereocenters. The van der Waals surface area contributed by atoms with Gasteiger partial charge < -0.3 is 9.80 Å². The number of aromatic amines is 1. The van der Waals surface area contributed by atoms with Crippen LogP contribution in [0.4, 0.5) is 15.0 Å². The van der Waals surface area contributed by atoms with Gasteiger partial charge in [0.25, 0.3) is 0 Å². The summed E-state index contributed by atoms with van der Waals surface area (Å²) in [7, 11) is 0. The number of aryl methyl sites for hydroxylation is 1. The molecule has 3 amide bonds. The van der Waals surface area contributed by atoms with Crippen LogP contribution in [-0.2, 0) is 11.3 Å². The number of amides is 3. The third-order valence-electron chi connectivity index (χ3n) is 7.49. The van der Waals surface area contributed by atoms with E-state index in [2.05, 4.69) is 10.2 Å². The lowest BCUT2D eigenvalue weighted by atomic mass is 9.86. The van der Waals surface area contributed by atoms with Gasteiger partial charge in [0.1, 0.15) is 11.6 Å². The molecule has 2 saturated heterocycles. The van der Waals surface area contributed by atoms with Gasteiger partial charge in [0, 0.05) is 49.6 Å². The number of hydrogen-bond acceptors (Lipinski definition) is 4. The predicted octanol–water partition coefficient (Wildman–Crippen LogP) is 4.05. The van der Waals surface area contributed by atoms with Crippen molar-refractivity contribution in [3.8, 4) is 11.1 Å². The van der Waals surface area contributed by atoms with Crippen LogP contribution in [0, 0.1) is 19.7 Å². The number of H-pyrrole nitrogens is 1. The van der Waals surface area contributed by atoms with Crippen molar-refractivity contribution < 1.29 is 14.0 Å². The number of rotatable bonds is 4. The van der Waals surface area contributed by atoms with E-state index in [1.165, 1.54) is 6.07 Å². The lowest BCUT2D eigenvalue weighted by Crippen LogP contribution is -2.54. The van der Waals surface area contributed by atoms with Crippen molar-refractivity contribution in [1.29, 1.82) is 0 Å². The maximum Gasteiger partial charge on any atom is 0.326 e. The van der Waals surface area contributed by atoms with Gasteiger partial charge >= 0.3 is 6.03 Å². The highest BCUT2D eigenvalue weighted by Crippen LogP contribution is 2.40. The molecule has 2 aliphatic rings. The first kappa shape index (κ1) is 23.0. The maximum absolute atomic E-state index is 14.3. The Morgan fingerprint density at radius 3 is 2.60 bits per heavy atom. The summed E-state index contributed by atoms with van der Waals surface area (Å²) in [5, 5.41) is 6.83. The number of benzene rings is 1. The third kappa shape index (κ3) is 4.05. The number of pyridine rings is 1. The second-order valence-electron chi connectivity index (χ2n) is 9.50. The molecule has 8 nitrogen and oxygen atoms in total. The third-order valence-corrected chi connectivity index (χ3v) is 7.49. The number of nitrogens with one attached hydrogen (secondary N) is 1. The second-order valence-corrected chi connectivity index (χ2v) is 9.50. The Kier molecular flexibility index (Phi) is 5.78. The molecule has 0 bridgehead atoms. The molecular formula is C26H29FN6O2. The molecule has 35 heavy (non-hydrogen) atoms. The normalized spacial score (nSPS) is 17.5. The lowest BCUT2D eigenvalue weighted by Gasteiger charge is -2.43. The summed E-state index contributed by atoms with van der Waals surface area (Å²) in [5.74, 6) is 0.353. The minimum Gasteiger partial charge on any atom is -0.343 e. The van der Waals surface area contributed by atoms with Gasteiger partial charge in [0.05, 0.1) is 18.3 Å². The second kappa shape index (κ2) is 8.79. The van der Waals surface area contributed by atoms with Gasteiger partial charge in [0.15, 0.2) is 0 Å². The summed E-state index contributed by atoms with van der Waals surface area (Å²) in [6.45, 7) is 7.19. The average Bonchev–Trinajstić information content (AvgIpc) is 3.45. The number of halogens is 1. The standard InChI is InChI=1S/C26H29FN6O2/c1-17-20(5-4-6-23(17)27)15-33-25(35)32(16-26(33)9-11-31(12-10-26)19(3)34)24-8-7-22(18(2)30-24)21-13-28-29-14-21/h4-8,13-14H,9-12,15-16H2,1-3H3,(H,28,29). The molecule has 2 fully saturated rings. The van der Waals surface area contributed by atoms with Crippen molar-refractivity contribution in [1.82, 2.24) is 25.0 Å². The van der Waals surface area contributed by atoms with Crippen LogP contribution >= 0.6 is 0 Å². The summed E-state index contributed by atoms with van der Waals surface area (Å²) >= 11 is 0. The van der Waals surface area contributed by atoms with Crippen molar-refractivity contribution in [2.24, 2.45) is 0 Å². The Labute approximate surface area is 203 Å². The average molecular weight is 477 g/mol. The highest BCUT2D eigenvalue weighted by molar-refractivity contribution is 5.95. The predicted molar refractivity (Wildman–Crippen MR) is 130 cm³/mol. The summed E-state index contributed by atoms with van der Waals surface area (Å²) in [5.41, 5.74) is 3.56. The molecule has 0 unspecified atom stereocenters. The zero-order valence-corrected chi connectivity index (χ0v) is 20.2. The number of urea groups is 1. The molecule has 3 aromatic rings. The van der Waals surface area contributed by atoms with Gasteiger partial charge in [-0.3, -0.25) is 14.8 Å². The minimum atomic E-state index is -0.458. The van der Waals surface area contributed by atoms with Crippen molar-refractivity contribution in [3.63, 3.8) is 0 Å². The number of hydrogen-bond donors (Lipinski definition) is 1. The Hall–Kier alpha value is -3.75. The van der Waals surface area contributed by atoms with Crippen LogP contribution in [0.25, 0.3) is 11.1 Å². The van der Waals surface area contributed by atoms with Crippen LogP contribution in [-0.4, -0.2) is 62.1 Å². The quantitative estimate of drug-likeness (QED) is 0.616. The van der Waals surface area contributed by atoms with E-state index >= 15 is 0 Å². The number of anilines is 1. The molecule has 0 saturated carbocycles. The van der Waals surface area contributed by atoms with E-state index in [1.807, 2.05) is 41.1 Å². The number of aromatic nitrogens is 3. The largest absolute Gasteiger partial charge is 0.343 e. The van der Waals surface area contributed by atoms with Crippen LogP contribution in [0.2, 0.25) is 0 Å². The van der Waals surface area contributed by atoms with Gasteiger partial charge in [-0.1, -0.05) is 12.1 Å². The van der Waals surface area contributed by atoms with Gasteiger partial charge in [-0.25, -0.2) is 14.2 Å². The van der Waals surface area contributed by atoms with Gasteiger partial charge in [-0.05, 0) is 56.0 Å². The van der Waals surface area contributed by atoms with Crippen LogP contribution in [0.15, 0.2) is 42.7 Å². The molecule has 1 spiro atoms. The van der Waals surface area contributed by atoms with E-state index in [0.29, 0.717) is 50.4 Å². The molecule has 0 aliphatic carbocycles. The van der Waals surface area contributed by atoms with Crippen LogP contribution < -0.4 is 4.90 Å². The Bertz CT molecular complexity index is 1270. The summed E-state index contributed by atoms with van der Waals surface area (Å²) in [6, 6.07) is 8.66. The van der Waals surface area contributed by atoms with E-state index in [1.54, 1.807) is 31.0 Å². The first-order valence-corrected chi connectivity index (χ1v) is 11.8. The summed E-state index contributed by atoms with van der Waals surface area (Å²) < 4.78 is 14.3. The molecular weight excluding hydrogens is 447 g/mol. The zero-order valence-electron chi connectivity index (χ0n) is 20.2. The molecule has 1 aromatic carbocycles. The summed E-state index contributed by atoms with van der Waals surface area (Å²) in [6.07, 6.45) is 4.88. The van der Waals surface area contributed by atoms with E-state index in [0.717, 1.165) is 22.4 Å². The van der Waals surface area contributed by atoms with Crippen molar-refractivity contribution in [2.45, 2.75) is 45.7 Å². The van der Waals surface area contributed by atoms with E-state index < -0.39 is 5.54 Å². The minimum absolute atomic E-state index is 0.0423. The fourth-order valence-electron chi connectivity index (χ4n) is 5.27. The Morgan fingerprint density at radius 1 is 1.17 bits per heavy atom. The molecule has 4 heterocycles. The van der Waals surface area contributed by atoms with Gasteiger partial charge in [-0.2, -0.15) is 5.10 Å². The van der Waals surface area contributed by atoms with Gasteiger partial charge in [-0.15, -0.1) is 0 Å². The van der Waals surface area contributed by atoms with Crippen molar-refractivity contribution in [3.05, 3.63) is 65.4 Å². The van der Waals surface area contributed by atoms with Crippen LogP contribution in [0.5, 0.6) is 0 Å². The fourth-order valence-corrected chi connectivity index (χ4v) is 5.27. The zero-order chi connectivity index (χ0) is 24.7. The number of nitrogens with zero attached hydrogens (tertiary/aromatic N) is 5. The van der Waals surface area contributed by atoms with E-state index in [9.17, 15) is 14.0 Å². The lowest BCUT2D eigenvalue weighted by molar-refractivity contribution is -0.131. The first-order valence-electron chi connectivity index (χ1n) is 11.8. The number of likely N-dealkylation sites (tertiary alicyclic amines) is 1. The molecule has 9 heteroatoms. The Balaban J connectivity index is 1.49. The SMILES string of the molecule is CC(=O)N1CCC2(CC1)CN(c1ccc(-c3cn[nH]c3)c(C)n1)C(=O)N2Cc1cccc(F)c1C. The number of carbonyl (C=O) groups is 2. The van der Waals surface area contributed by atoms with E-state index in [-0.39, 0.29) is 17.8 Å². The van der Waals surface area contributed by atoms with Crippen LogP contribution in [0.3, 0.4) is 0 Å². The number of carbonyl (C=O) groups excluding carboxylic acids is 2.